The minimum Gasteiger partial charge on any atom is -0.497 e. The van der Waals surface area contributed by atoms with Crippen molar-refractivity contribution in [3.63, 3.8) is 0 Å². The molecule has 1 N–H and O–H groups in total. The van der Waals surface area contributed by atoms with Crippen LogP contribution in [-0.4, -0.2) is 39.4 Å². The first-order valence-corrected chi connectivity index (χ1v) is 6.15. The summed E-state index contributed by atoms with van der Waals surface area (Å²) in [6, 6.07) is 6.64. The Morgan fingerprint density at radius 3 is 2.45 bits per heavy atom. The number of aromatic nitrogens is 3. The maximum Gasteiger partial charge on any atom is 0.394 e. The predicted octanol–water partition coefficient (Wildman–Crippen LogP) is 2.14. The Bertz CT molecular complexity index is 665. The van der Waals surface area contributed by atoms with Gasteiger partial charge in [-0.1, -0.05) is 17.3 Å². The highest BCUT2D eigenvalue weighted by Crippen LogP contribution is 2.22. The molecular formula is C13H12F3N3O3. The van der Waals surface area contributed by atoms with Crippen molar-refractivity contribution in [2.24, 2.45) is 0 Å². The second kappa shape index (κ2) is 6.04. The van der Waals surface area contributed by atoms with Crippen molar-refractivity contribution in [2.75, 3.05) is 7.11 Å². The van der Waals surface area contributed by atoms with Crippen molar-refractivity contribution in [3.05, 3.63) is 41.2 Å². The van der Waals surface area contributed by atoms with Crippen LogP contribution >= 0.6 is 0 Å². The highest BCUT2D eigenvalue weighted by molar-refractivity contribution is 5.86. The van der Waals surface area contributed by atoms with Crippen LogP contribution in [0.3, 0.4) is 0 Å². The molecule has 0 unspecified atom stereocenters. The fourth-order valence-electron chi connectivity index (χ4n) is 1.91. The second-order valence-electron chi connectivity index (χ2n) is 4.49. The number of carbonyl (C=O) groups is 1. The summed E-state index contributed by atoms with van der Waals surface area (Å²) in [4.78, 5) is 11.2. The molecule has 6 nitrogen and oxygen atoms in total. The number of carboxylic acid groups (broad SMARTS) is 1. The van der Waals surface area contributed by atoms with Gasteiger partial charge in [0.2, 0.25) is 0 Å². The predicted molar refractivity (Wildman–Crippen MR) is 68.8 cm³/mol. The number of aromatic carboxylic acids is 1. The highest BCUT2D eigenvalue weighted by Gasteiger charge is 2.33. The summed E-state index contributed by atoms with van der Waals surface area (Å²) in [5.74, 6) is -0.892. The average molecular weight is 315 g/mol. The molecule has 0 atom stereocenters. The van der Waals surface area contributed by atoms with E-state index < -0.39 is 30.0 Å². The number of rotatable bonds is 5. The van der Waals surface area contributed by atoms with Gasteiger partial charge in [-0.2, -0.15) is 13.2 Å². The van der Waals surface area contributed by atoms with E-state index in [4.69, 9.17) is 9.84 Å². The highest BCUT2D eigenvalue weighted by atomic mass is 19.4. The molecule has 0 fully saturated rings. The first-order chi connectivity index (χ1) is 10.3. The van der Waals surface area contributed by atoms with Gasteiger partial charge in [-0.15, -0.1) is 5.10 Å². The Labute approximate surface area is 123 Å². The molecule has 0 spiro atoms. The molecule has 0 bridgehead atoms. The SMILES string of the molecule is COc1ccc(Cn2nnc(CC(F)(F)F)c2C(=O)O)cc1. The van der Waals surface area contributed by atoms with E-state index >= 15 is 0 Å². The fourth-order valence-corrected chi connectivity index (χ4v) is 1.91. The topological polar surface area (TPSA) is 77.2 Å². The van der Waals surface area contributed by atoms with E-state index in [0.717, 1.165) is 4.68 Å². The van der Waals surface area contributed by atoms with E-state index in [1.165, 1.54) is 7.11 Å². The Morgan fingerprint density at radius 2 is 1.95 bits per heavy atom. The standard InChI is InChI=1S/C13H12F3N3O3/c1-22-9-4-2-8(3-5-9)7-19-11(12(20)21)10(17-18-19)6-13(14,15)16/h2-5H,6-7H2,1H3,(H,20,21). The maximum atomic E-state index is 12.4. The van der Waals surface area contributed by atoms with Crippen molar-refractivity contribution < 1.29 is 27.8 Å². The third-order valence-corrected chi connectivity index (χ3v) is 2.87. The summed E-state index contributed by atoms with van der Waals surface area (Å²) in [7, 11) is 1.50. The van der Waals surface area contributed by atoms with Crippen LogP contribution in [0.4, 0.5) is 13.2 Å². The Morgan fingerprint density at radius 1 is 1.32 bits per heavy atom. The van der Waals surface area contributed by atoms with Gasteiger partial charge < -0.3 is 9.84 Å². The minimum absolute atomic E-state index is 0.00349. The molecule has 9 heteroatoms. The molecule has 0 saturated carbocycles. The normalized spacial score (nSPS) is 11.5. The summed E-state index contributed by atoms with van der Waals surface area (Å²) < 4.78 is 43.2. The van der Waals surface area contributed by atoms with Gasteiger partial charge in [0.15, 0.2) is 5.69 Å². The zero-order valence-electron chi connectivity index (χ0n) is 11.5. The second-order valence-corrected chi connectivity index (χ2v) is 4.49. The molecule has 1 aromatic carbocycles. The number of alkyl halides is 3. The average Bonchev–Trinajstić information content (AvgIpc) is 2.80. The van der Waals surface area contributed by atoms with E-state index in [-0.39, 0.29) is 6.54 Å². The van der Waals surface area contributed by atoms with E-state index in [1.807, 2.05) is 0 Å². The quantitative estimate of drug-likeness (QED) is 0.914. The third-order valence-electron chi connectivity index (χ3n) is 2.87. The Hall–Kier alpha value is -2.58. The van der Waals surface area contributed by atoms with Crippen LogP contribution in [0.15, 0.2) is 24.3 Å². The molecule has 22 heavy (non-hydrogen) atoms. The summed E-state index contributed by atoms with van der Waals surface area (Å²) >= 11 is 0. The van der Waals surface area contributed by atoms with E-state index in [2.05, 4.69) is 10.3 Å². The van der Waals surface area contributed by atoms with Gasteiger partial charge in [0.05, 0.1) is 20.1 Å². The number of benzene rings is 1. The van der Waals surface area contributed by atoms with Crippen LogP contribution in [0.5, 0.6) is 5.75 Å². The smallest absolute Gasteiger partial charge is 0.394 e. The molecule has 0 aliphatic rings. The number of nitrogens with zero attached hydrogens (tertiary/aromatic N) is 3. The fraction of sp³-hybridized carbons (Fsp3) is 0.308. The number of hydrogen-bond donors (Lipinski definition) is 1. The number of halogens is 3. The molecule has 1 heterocycles. The van der Waals surface area contributed by atoms with E-state index in [1.54, 1.807) is 24.3 Å². The lowest BCUT2D eigenvalue weighted by molar-refractivity contribution is -0.127. The van der Waals surface area contributed by atoms with Gasteiger partial charge >= 0.3 is 12.1 Å². The lowest BCUT2D eigenvalue weighted by Crippen LogP contribution is -2.17. The van der Waals surface area contributed by atoms with Crippen molar-refractivity contribution in [3.8, 4) is 5.75 Å². The number of ether oxygens (including phenoxy) is 1. The van der Waals surface area contributed by atoms with E-state index in [9.17, 15) is 18.0 Å². The zero-order chi connectivity index (χ0) is 16.3. The molecule has 2 rings (SSSR count). The lowest BCUT2D eigenvalue weighted by Gasteiger charge is -2.07. The van der Waals surface area contributed by atoms with Gasteiger partial charge in [-0.3, -0.25) is 0 Å². The number of methoxy groups -OCH3 is 1. The van der Waals surface area contributed by atoms with Crippen LogP contribution in [0.2, 0.25) is 0 Å². The number of hydrogen-bond acceptors (Lipinski definition) is 4. The first-order valence-electron chi connectivity index (χ1n) is 6.15. The Balaban J connectivity index is 2.28. The van der Waals surface area contributed by atoms with Crippen molar-refractivity contribution in [1.82, 2.24) is 15.0 Å². The Kier molecular flexibility index (Phi) is 4.34. The first kappa shape index (κ1) is 15.8. The van der Waals surface area contributed by atoms with Crippen LogP contribution in [0.1, 0.15) is 21.7 Å². The molecule has 0 radical (unpaired) electrons. The zero-order valence-corrected chi connectivity index (χ0v) is 11.5. The van der Waals surface area contributed by atoms with Crippen molar-refractivity contribution in [2.45, 2.75) is 19.1 Å². The molecular weight excluding hydrogens is 303 g/mol. The van der Waals surface area contributed by atoms with Crippen LogP contribution < -0.4 is 4.74 Å². The minimum atomic E-state index is -4.55. The van der Waals surface area contributed by atoms with Crippen molar-refractivity contribution in [1.29, 1.82) is 0 Å². The molecule has 0 amide bonds. The molecule has 118 valence electrons. The molecule has 1 aromatic heterocycles. The summed E-state index contributed by atoms with van der Waals surface area (Å²) in [6.07, 6.45) is -5.98. The van der Waals surface area contributed by atoms with Gasteiger partial charge in [0.1, 0.15) is 11.4 Å². The van der Waals surface area contributed by atoms with Crippen LogP contribution in [-0.2, 0) is 13.0 Å². The largest absolute Gasteiger partial charge is 0.497 e. The van der Waals surface area contributed by atoms with Crippen LogP contribution in [0, 0.1) is 0 Å². The van der Waals surface area contributed by atoms with Crippen LogP contribution in [0.25, 0.3) is 0 Å². The van der Waals surface area contributed by atoms with E-state index in [0.29, 0.717) is 11.3 Å². The maximum absolute atomic E-state index is 12.4. The monoisotopic (exact) mass is 315 g/mol. The van der Waals surface area contributed by atoms with Gasteiger partial charge in [-0.05, 0) is 17.7 Å². The molecule has 0 aliphatic carbocycles. The van der Waals surface area contributed by atoms with Gasteiger partial charge in [0, 0.05) is 0 Å². The molecule has 0 aliphatic heterocycles. The summed E-state index contributed by atoms with van der Waals surface area (Å²) in [5, 5.41) is 16.0. The van der Waals surface area contributed by atoms with Crippen molar-refractivity contribution >= 4 is 5.97 Å². The summed E-state index contributed by atoms with van der Waals surface area (Å²) in [6.45, 7) is -0.00349. The molecule has 0 saturated heterocycles. The molecule has 2 aromatic rings. The lowest BCUT2D eigenvalue weighted by atomic mass is 10.2. The number of carboxylic acids is 1. The summed E-state index contributed by atoms with van der Waals surface area (Å²) in [5.41, 5.74) is -0.506. The van der Waals surface area contributed by atoms with Gasteiger partial charge in [-0.25, -0.2) is 9.48 Å². The third kappa shape index (κ3) is 3.74. The van der Waals surface area contributed by atoms with Gasteiger partial charge in [0.25, 0.3) is 0 Å².